The third kappa shape index (κ3) is 2.96. The fourth-order valence-electron chi connectivity index (χ4n) is 4.61. The van der Waals surface area contributed by atoms with Crippen molar-refractivity contribution in [1.29, 1.82) is 0 Å². The summed E-state index contributed by atoms with van der Waals surface area (Å²) in [6, 6.07) is 0. The number of rotatable bonds is 4. The zero-order valence-electron chi connectivity index (χ0n) is 12.1. The van der Waals surface area contributed by atoms with E-state index in [4.69, 9.17) is 4.74 Å². The Morgan fingerprint density at radius 3 is 2.84 bits per heavy atom. The highest BCUT2D eigenvalue weighted by atomic mass is 16.5. The summed E-state index contributed by atoms with van der Waals surface area (Å²) < 4.78 is 5.18. The second kappa shape index (κ2) is 5.82. The molecular weight excluding hydrogens is 238 g/mol. The maximum Gasteiger partial charge on any atom is 0.310 e. The molecule has 3 aliphatic rings. The molecule has 19 heavy (non-hydrogen) atoms. The van der Waals surface area contributed by atoms with E-state index in [0.29, 0.717) is 6.61 Å². The van der Waals surface area contributed by atoms with E-state index in [2.05, 4.69) is 4.90 Å². The zero-order valence-corrected chi connectivity index (χ0v) is 12.1. The molecule has 0 aromatic heterocycles. The van der Waals surface area contributed by atoms with E-state index in [1.807, 2.05) is 6.92 Å². The van der Waals surface area contributed by atoms with Crippen LogP contribution in [0.15, 0.2) is 0 Å². The van der Waals surface area contributed by atoms with E-state index in [9.17, 15) is 4.79 Å². The van der Waals surface area contributed by atoms with Gasteiger partial charge in [-0.15, -0.1) is 0 Å². The van der Waals surface area contributed by atoms with Crippen LogP contribution >= 0.6 is 0 Å². The van der Waals surface area contributed by atoms with Crippen LogP contribution in [0.2, 0.25) is 0 Å². The predicted molar refractivity (Wildman–Crippen MR) is 74.7 cm³/mol. The fourth-order valence-corrected chi connectivity index (χ4v) is 4.61. The molecule has 0 amide bonds. The van der Waals surface area contributed by atoms with Gasteiger partial charge in [-0.1, -0.05) is 6.42 Å². The summed E-state index contributed by atoms with van der Waals surface area (Å²) >= 11 is 0. The Bertz CT molecular complexity index is 331. The lowest BCUT2D eigenvalue weighted by Gasteiger charge is -2.35. The molecular formula is C16H27NO2. The quantitative estimate of drug-likeness (QED) is 0.732. The van der Waals surface area contributed by atoms with E-state index in [1.165, 1.54) is 38.8 Å². The average Bonchev–Trinajstić information content (AvgIpc) is 3.02. The van der Waals surface area contributed by atoms with Gasteiger partial charge < -0.3 is 9.64 Å². The maximum atomic E-state index is 11.9. The highest BCUT2D eigenvalue weighted by Gasteiger charge is 2.40. The van der Waals surface area contributed by atoms with Gasteiger partial charge in [-0.2, -0.15) is 0 Å². The van der Waals surface area contributed by atoms with Crippen molar-refractivity contribution in [3.63, 3.8) is 0 Å². The molecule has 1 aliphatic heterocycles. The molecule has 0 aromatic carbocycles. The van der Waals surface area contributed by atoms with Crippen LogP contribution in [0.5, 0.6) is 0 Å². The number of carbonyl (C=O) groups excluding carboxylic acids is 1. The molecule has 3 heteroatoms. The highest BCUT2D eigenvalue weighted by Crippen LogP contribution is 2.48. The Kier molecular flexibility index (Phi) is 4.11. The van der Waals surface area contributed by atoms with E-state index < -0.39 is 0 Å². The third-order valence-corrected chi connectivity index (χ3v) is 5.50. The Morgan fingerprint density at radius 1 is 1.26 bits per heavy atom. The number of piperidine rings is 1. The number of carbonyl (C=O) groups is 1. The largest absolute Gasteiger partial charge is 0.466 e. The number of esters is 1. The minimum Gasteiger partial charge on any atom is -0.466 e. The van der Waals surface area contributed by atoms with Crippen molar-refractivity contribution < 1.29 is 9.53 Å². The van der Waals surface area contributed by atoms with E-state index in [1.54, 1.807) is 0 Å². The van der Waals surface area contributed by atoms with Crippen LogP contribution in [0.1, 0.15) is 45.4 Å². The van der Waals surface area contributed by atoms with Gasteiger partial charge in [0.15, 0.2) is 0 Å². The summed E-state index contributed by atoms with van der Waals surface area (Å²) in [6.45, 7) is 5.77. The summed E-state index contributed by atoms with van der Waals surface area (Å²) in [5.74, 6) is 3.10. The van der Waals surface area contributed by atoms with Gasteiger partial charge in [-0.05, 0) is 63.3 Å². The SMILES string of the molecule is CCOC(=O)[C@H]1CCCN(CC2CC3CCC2C3)C1. The second-order valence-corrected chi connectivity index (χ2v) is 6.79. The standard InChI is InChI=1S/C16H27NO2/c1-2-19-16(18)14-4-3-7-17(10-14)11-15-9-12-5-6-13(15)8-12/h12-15H,2-11H2,1H3/t12?,13?,14-,15?/m0/s1. The first kappa shape index (κ1) is 13.4. The smallest absolute Gasteiger partial charge is 0.310 e. The van der Waals surface area contributed by atoms with Gasteiger partial charge in [0, 0.05) is 13.1 Å². The Morgan fingerprint density at radius 2 is 2.16 bits per heavy atom. The zero-order chi connectivity index (χ0) is 13.2. The molecule has 0 radical (unpaired) electrons. The third-order valence-electron chi connectivity index (χ3n) is 5.50. The molecule has 3 unspecified atom stereocenters. The molecule has 2 aliphatic carbocycles. The van der Waals surface area contributed by atoms with Gasteiger partial charge in [0.2, 0.25) is 0 Å². The first-order valence-corrected chi connectivity index (χ1v) is 8.15. The van der Waals surface area contributed by atoms with Gasteiger partial charge >= 0.3 is 5.97 Å². The number of ether oxygens (including phenoxy) is 1. The summed E-state index contributed by atoms with van der Waals surface area (Å²) in [5.41, 5.74) is 0. The minimum atomic E-state index is 0.0279. The van der Waals surface area contributed by atoms with Crippen LogP contribution in [0, 0.1) is 23.7 Å². The van der Waals surface area contributed by atoms with Gasteiger partial charge in [-0.3, -0.25) is 4.79 Å². The molecule has 3 rings (SSSR count). The van der Waals surface area contributed by atoms with Crippen molar-refractivity contribution in [2.75, 3.05) is 26.2 Å². The molecule has 0 N–H and O–H groups in total. The van der Waals surface area contributed by atoms with Crippen molar-refractivity contribution in [2.45, 2.75) is 45.4 Å². The van der Waals surface area contributed by atoms with Crippen LogP contribution in [0.25, 0.3) is 0 Å². The van der Waals surface area contributed by atoms with Gasteiger partial charge in [-0.25, -0.2) is 0 Å². The van der Waals surface area contributed by atoms with Crippen molar-refractivity contribution >= 4 is 5.97 Å². The molecule has 0 aromatic rings. The Balaban J connectivity index is 1.50. The van der Waals surface area contributed by atoms with Gasteiger partial charge in [0.25, 0.3) is 0 Å². The first-order chi connectivity index (χ1) is 9.26. The molecule has 2 bridgehead atoms. The lowest BCUT2D eigenvalue weighted by molar-refractivity contribution is -0.150. The van der Waals surface area contributed by atoms with Gasteiger partial charge in [0.1, 0.15) is 0 Å². The van der Waals surface area contributed by atoms with E-state index in [0.717, 1.165) is 37.1 Å². The van der Waals surface area contributed by atoms with Crippen LogP contribution in [-0.4, -0.2) is 37.1 Å². The highest BCUT2D eigenvalue weighted by molar-refractivity contribution is 5.72. The Hall–Kier alpha value is -0.570. The first-order valence-electron chi connectivity index (χ1n) is 8.15. The molecule has 3 fully saturated rings. The van der Waals surface area contributed by atoms with Crippen LogP contribution in [-0.2, 0) is 9.53 Å². The number of likely N-dealkylation sites (tertiary alicyclic amines) is 1. The van der Waals surface area contributed by atoms with E-state index in [-0.39, 0.29) is 11.9 Å². The molecule has 0 spiro atoms. The minimum absolute atomic E-state index is 0.0279. The average molecular weight is 265 g/mol. The van der Waals surface area contributed by atoms with Gasteiger partial charge in [0.05, 0.1) is 12.5 Å². The number of hydrogen-bond acceptors (Lipinski definition) is 3. The van der Waals surface area contributed by atoms with Crippen LogP contribution in [0.3, 0.4) is 0 Å². The molecule has 3 nitrogen and oxygen atoms in total. The lowest BCUT2D eigenvalue weighted by atomic mass is 9.87. The molecule has 108 valence electrons. The fraction of sp³-hybridized carbons (Fsp3) is 0.938. The number of hydrogen-bond donors (Lipinski definition) is 0. The monoisotopic (exact) mass is 265 g/mol. The van der Waals surface area contributed by atoms with Crippen LogP contribution in [0.4, 0.5) is 0 Å². The molecule has 4 atom stereocenters. The Labute approximate surface area is 116 Å². The normalized spacial score (nSPS) is 38.6. The molecule has 2 saturated carbocycles. The van der Waals surface area contributed by atoms with Crippen molar-refractivity contribution in [2.24, 2.45) is 23.7 Å². The van der Waals surface area contributed by atoms with E-state index >= 15 is 0 Å². The summed E-state index contributed by atoms with van der Waals surface area (Å²) in [7, 11) is 0. The van der Waals surface area contributed by atoms with Crippen molar-refractivity contribution in [3.8, 4) is 0 Å². The van der Waals surface area contributed by atoms with Crippen molar-refractivity contribution in [3.05, 3.63) is 0 Å². The predicted octanol–water partition coefficient (Wildman–Crippen LogP) is 2.70. The summed E-state index contributed by atoms with van der Waals surface area (Å²) in [6.07, 6.45) is 8.05. The maximum absolute atomic E-state index is 11.9. The second-order valence-electron chi connectivity index (χ2n) is 6.79. The number of nitrogens with zero attached hydrogens (tertiary/aromatic N) is 1. The summed E-state index contributed by atoms with van der Waals surface area (Å²) in [4.78, 5) is 14.4. The topological polar surface area (TPSA) is 29.5 Å². The van der Waals surface area contributed by atoms with Crippen molar-refractivity contribution in [1.82, 2.24) is 4.90 Å². The number of fused-ring (bicyclic) bond motifs is 2. The molecule has 1 saturated heterocycles. The van der Waals surface area contributed by atoms with Crippen LogP contribution < -0.4 is 0 Å². The molecule has 1 heterocycles. The summed E-state index contributed by atoms with van der Waals surface area (Å²) in [5, 5.41) is 0. The lowest BCUT2D eigenvalue weighted by Crippen LogP contribution is -2.42.